The summed E-state index contributed by atoms with van der Waals surface area (Å²) in [6.45, 7) is 7.38. The van der Waals surface area contributed by atoms with Crippen molar-refractivity contribution < 1.29 is 4.74 Å². The molecule has 17 heavy (non-hydrogen) atoms. The molecule has 0 saturated carbocycles. The number of rotatable bonds is 1. The maximum absolute atomic E-state index is 5.56. The molecule has 1 aliphatic heterocycles. The Kier molecular flexibility index (Phi) is 6.99. The molecular weight excluding hydrogens is 216 g/mol. The fourth-order valence-corrected chi connectivity index (χ4v) is 2.00. The minimum absolute atomic E-state index is 0.188. The predicted octanol–water partition coefficient (Wildman–Crippen LogP) is -0.642. The minimum atomic E-state index is 0.188. The summed E-state index contributed by atoms with van der Waals surface area (Å²) in [5.41, 5.74) is 0. The number of nitrogens with zero attached hydrogens (tertiary/aromatic N) is 3. The van der Waals surface area contributed by atoms with Crippen molar-refractivity contribution in [2.75, 3.05) is 74.1 Å². The Morgan fingerprint density at radius 2 is 1.59 bits per heavy atom. The molecule has 1 rings (SSSR count). The molecule has 0 aromatic heterocycles. The molecule has 102 valence electrons. The summed E-state index contributed by atoms with van der Waals surface area (Å²) in [6.07, 6.45) is 0.188. The highest BCUT2D eigenvalue weighted by Crippen LogP contribution is 2.01. The van der Waals surface area contributed by atoms with Crippen molar-refractivity contribution in [3.63, 3.8) is 0 Å². The van der Waals surface area contributed by atoms with Crippen LogP contribution in [0.5, 0.6) is 0 Å². The molecule has 5 nitrogen and oxygen atoms in total. The Morgan fingerprint density at radius 1 is 0.941 bits per heavy atom. The standard InChI is InChI=1S/C12H28N4O/c1-14-7-5-13-6-8-15(2)11-12(17-4)16(3)10-9-14/h12-13H,5-11H2,1-4H3. The van der Waals surface area contributed by atoms with Gasteiger partial charge in [0.1, 0.15) is 6.23 Å². The monoisotopic (exact) mass is 244 g/mol. The lowest BCUT2D eigenvalue weighted by Crippen LogP contribution is -2.47. The topological polar surface area (TPSA) is 31.0 Å². The molecule has 0 spiro atoms. The van der Waals surface area contributed by atoms with Crippen LogP contribution in [0.4, 0.5) is 0 Å². The summed E-state index contributed by atoms with van der Waals surface area (Å²) >= 11 is 0. The van der Waals surface area contributed by atoms with Gasteiger partial charge in [-0.2, -0.15) is 0 Å². The van der Waals surface area contributed by atoms with Crippen molar-refractivity contribution in [1.82, 2.24) is 20.0 Å². The van der Waals surface area contributed by atoms with E-state index < -0.39 is 0 Å². The van der Waals surface area contributed by atoms with E-state index in [2.05, 4.69) is 41.2 Å². The van der Waals surface area contributed by atoms with Crippen LogP contribution in [0.3, 0.4) is 0 Å². The van der Waals surface area contributed by atoms with E-state index in [1.807, 2.05) is 0 Å². The fourth-order valence-electron chi connectivity index (χ4n) is 2.00. The van der Waals surface area contributed by atoms with Crippen molar-refractivity contribution in [1.29, 1.82) is 0 Å². The molecule has 0 aromatic rings. The lowest BCUT2D eigenvalue weighted by molar-refractivity contribution is -0.0379. The first kappa shape index (κ1) is 14.9. The van der Waals surface area contributed by atoms with Crippen LogP contribution < -0.4 is 5.32 Å². The second kappa shape index (κ2) is 8.00. The van der Waals surface area contributed by atoms with Crippen LogP contribution in [0, 0.1) is 0 Å². The van der Waals surface area contributed by atoms with Gasteiger partial charge in [0.15, 0.2) is 0 Å². The molecule has 1 atom stereocenters. The lowest BCUT2D eigenvalue weighted by Gasteiger charge is -2.32. The molecule has 0 bridgehead atoms. The second-order valence-corrected chi connectivity index (χ2v) is 4.99. The largest absolute Gasteiger partial charge is 0.365 e. The second-order valence-electron chi connectivity index (χ2n) is 4.99. The van der Waals surface area contributed by atoms with Crippen molar-refractivity contribution in [3.8, 4) is 0 Å². The predicted molar refractivity (Wildman–Crippen MR) is 71.3 cm³/mol. The number of ether oxygens (including phenoxy) is 1. The number of hydrogen-bond acceptors (Lipinski definition) is 5. The Labute approximate surface area is 106 Å². The maximum atomic E-state index is 5.56. The first-order valence-electron chi connectivity index (χ1n) is 6.44. The first-order chi connectivity index (χ1) is 8.13. The van der Waals surface area contributed by atoms with Crippen molar-refractivity contribution in [3.05, 3.63) is 0 Å². The average molecular weight is 244 g/mol. The van der Waals surface area contributed by atoms with Gasteiger partial charge in [0, 0.05) is 52.9 Å². The molecule has 1 N–H and O–H groups in total. The van der Waals surface area contributed by atoms with E-state index in [0.717, 1.165) is 45.8 Å². The zero-order chi connectivity index (χ0) is 12.7. The quantitative estimate of drug-likeness (QED) is 0.663. The zero-order valence-corrected chi connectivity index (χ0v) is 11.8. The van der Waals surface area contributed by atoms with Gasteiger partial charge in [-0.05, 0) is 21.1 Å². The van der Waals surface area contributed by atoms with E-state index in [4.69, 9.17) is 4.74 Å². The SMILES string of the molecule is COC1CN(C)CCNCCN(C)CCN1C. The molecule has 1 aliphatic rings. The third-order valence-electron chi connectivity index (χ3n) is 3.41. The number of methoxy groups -OCH3 is 1. The van der Waals surface area contributed by atoms with Gasteiger partial charge in [0.05, 0.1) is 0 Å². The van der Waals surface area contributed by atoms with Crippen LogP contribution in [-0.4, -0.2) is 95.0 Å². The highest BCUT2D eigenvalue weighted by Gasteiger charge is 2.16. The van der Waals surface area contributed by atoms with Gasteiger partial charge in [-0.15, -0.1) is 0 Å². The molecule has 1 unspecified atom stereocenters. The van der Waals surface area contributed by atoms with Gasteiger partial charge in [0.2, 0.25) is 0 Å². The molecule has 0 radical (unpaired) electrons. The van der Waals surface area contributed by atoms with Crippen molar-refractivity contribution in [2.24, 2.45) is 0 Å². The number of likely N-dealkylation sites (N-methyl/N-ethyl adjacent to an activating group) is 3. The average Bonchev–Trinajstić information content (AvgIpc) is 2.31. The Hall–Kier alpha value is -0.200. The van der Waals surface area contributed by atoms with Crippen molar-refractivity contribution >= 4 is 0 Å². The van der Waals surface area contributed by atoms with E-state index in [-0.39, 0.29) is 6.23 Å². The van der Waals surface area contributed by atoms with E-state index in [0.29, 0.717) is 0 Å². The van der Waals surface area contributed by atoms with Crippen LogP contribution in [0.2, 0.25) is 0 Å². The van der Waals surface area contributed by atoms with Crippen LogP contribution >= 0.6 is 0 Å². The van der Waals surface area contributed by atoms with Gasteiger partial charge in [-0.1, -0.05) is 0 Å². The molecule has 1 fully saturated rings. The third kappa shape index (κ3) is 5.79. The van der Waals surface area contributed by atoms with Crippen LogP contribution in [0.1, 0.15) is 0 Å². The van der Waals surface area contributed by atoms with Gasteiger partial charge >= 0.3 is 0 Å². The molecule has 1 heterocycles. The molecule has 0 aromatic carbocycles. The highest BCUT2D eigenvalue weighted by atomic mass is 16.5. The first-order valence-corrected chi connectivity index (χ1v) is 6.44. The fraction of sp³-hybridized carbons (Fsp3) is 1.00. The van der Waals surface area contributed by atoms with Crippen LogP contribution in [0.15, 0.2) is 0 Å². The normalized spacial score (nSPS) is 28.6. The molecular formula is C12H28N4O. The summed E-state index contributed by atoms with van der Waals surface area (Å²) in [7, 11) is 8.26. The summed E-state index contributed by atoms with van der Waals surface area (Å²) in [5.74, 6) is 0. The maximum Gasteiger partial charge on any atom is 0.122 e. The number of hydrogen-bond donors (Lipinski definition) is 1. The summed E-state index contributed by atoms with van der Waals surface area (Å²) in [5, 5.41) is 3.47. The van der Waals surface area contributed by atoms with Gasteiger partial charge in [0.25, 0.3) is 0 Å². The Bertz CT molecular complexity index is 203. The van der Waals surface area contributed by atoms with E-state index in [9.17, 15) is 0 Å². The minimum Gasteiger partial charge on any atom is -0.365 e. The van der Waals surface area contributed by atoms with Crippen LogP contribution in [0.25, 0.3) is 0 Å². The zero-order valence-electron chi connectivity index (χ0n) is 11.8. The summed E-state index contributed by atoms with van der Waals surface area (Å²) in [6, 6.07) is 0. The smallest absolute Gasteiger partial charge is 0.122 e. The van der Waals surface area contributed by atoms with E-state index in [1.165, 1.54) is 0 Å². The molecule has 0 aliphatic carbocycles. The van der Waals surface area contributed by atoms with Gasteiger partial charge in [-0.25, -0.2) is 0 Å². The lowest BCUT2D eigenvalue weighted by atomic mass is 10.3. The third-order valence-corrected chi connectivity index (χ3v) is 3.41. The Morgan fingerprint density at radius 3 is 2.24 bits per heavy atom. The molecule has 5 heteroatoms. The Balaban J connectivity index is 2.50. The van der Waals surface area contributed by atoms with Gasteiger partial charge in [-0.3, -0.25) is 4.90 Å². The molecule has 1 saturated heterocycles. The highest BCUT2D eigenvalue weighted by molar-refractivity contribution is 4.68. The van der Waals surface area contributed by atoms with Gasteiger partial charge < -0.3 is 19.9 Å². The van der Waals surface area contributed by atoms with Crippen molar-refractivity contribution in [2.45, 2.75) is 6.23 Å². The van der Waals surface area contributed by atoms with E-state index in [1.54, 1.807) is 7.11 Å². The van der Waals surface area contributed by atoms with Crippen LogP contribution in [-0.2, 0) is 4.74 Å². The molecule has 0 amide bonds. The van der Waals surface area contributed by atoms with E-state index >= 15 is 0 Å². The summed E-state index contributed by atoms with van der Waals surface area (Å²) in [4.78, 5) is 6.98. The number of nitrogens with one attached hydrogen (secondary N) is 1. The summed E-state index contributed by atoms with van der Waals surface area (Å²) < 4.78 is 5.56.